The van der Waals surface area contributed by atoms with Crippen molar-refractivity contribution in [3.63, 3.8) is 0 Å². The van der Waals surface area contributed by atoms with E-state index in [0.29, 0.717) is 17.5 Å². The predicted octanol–water partition coefficient (Wildman–Crippen LogP) is 2.18. The lowest BCUT2D eigenvalue weighted by Crippen LogP contribution is -2.31. The minimum Gasteiger partial charge on any atom is -0.381 e. The summed E-state index contributed by atoms with van der Waals surface area (Å²) in [5, 5.41) is 12.4. The van der Waals surface area contributed by atoms with Gasteiger partial charge in [-0.2, -0.15) is 5.26 Å². The molecule has 1 fully saturated rings. The second kappa shape index (κ2) is 5.65. The normalized spacial score (nSPS) is 18.4. The van der Waals surface area contributed by atoms with Crippen LogP contribution in [0.4, 0.5) is 5.69 Å². The van der Waals surface area contributed by atoms with E-state index in [2.05, 4.69) is 23.3 Å². The fraction of sp³-hybridized carbons (Fsp3) is 0.538. The molecule has 4 nitrogen and oxygen atoms in total. The van der Waals surface area contributed by atoms with E-state index < -0.39 is 0 Å². The monoisotopic (exact) mass is 231 g/mol. The van der Waals surface area contributed by atoms with Crippen LogP contribution in [-0.2, 0) is 4.74 Å². The van der Waals surface area contributed by atoms with E-state index in [4.69, 9.17) is 10.00 Å². The lowest BCUT2D eigenvalue weighted by molar-refractivity contribution is 0.0622. The third-order valence-corrected chi connectivity index (χ3v) is 3.30. The summed E-state index contributed by atoms with van der Waals surface area (Å²) in [6.07, 6.45) is 5.52. The van der Waals surface area contributed by atoms with Crippen LogP contribution in [-0.4, -0.2) is 24.2 Å². The van der Waals surface area contributed by atoms with Crippen LogP contribution in [0, 0.1) is 17.2 Å². The van der Waals surface area contributed by atoms with Gasteiger partial charge in [-0.05, 0) is 31.7 Å². The number of nitrogens with zero attached hydrogens (tertiary/aromatic N) is 2. The predicted molar refractivity (Wildman–Crippen MR) is 65.6 cm³/mol. The highest BCUT2D eigenvalue weighted by Gasteiger charge is 2.20. The fourth-order valence-corrected chi connectivity index (χ4v) is 2.19. The Hall–Kier alpha value is -1.60. The zero-order chi connectivity index (χ0) is 12.1. The first-order valence-corrected chi connectivity index (χ1v) is 5.99. The molecule has 1 saturated heterocycles. The largest absolute Gasteiger partial charge is 0.381 e. The van der Waals surface area contributed by atoms with Crippen LogP contribution in [0.25, 0.3) is 0 Å². The Morgan fingerprint density at radius 2 is 2.29 bits per heavy atom. The number of hydrogen-bond acceptors (Lipinski definition) is 4. The van der Waals surface area contributed by atoms with Crippen LogP contribution in [0.3, 0.4) is 0 Å². The average Bonchev–Trinajstić information content (AvgIpc) is 2.40. The lowest BCUT2D eigenvalue weighted by atomic mass is 9.92. The summed E-state index contributed by atoms with van der Waals surface area (Å²) in [6.45, 7) is 3.84. The van der Waals surface area contributed by atoms with Crippen molar-refractivity contribution in [3.05, 3.63) is 24.0 Å². The van der Waals surface area contributed by atoms with Gasteiger partial charge in [0.15, 0.2) is 0 Å². The van der Waals surface area contributed by atoms with Gasteiger partial charge in [-0.3, -0.25) is 4.98 Å². The number of ether oxygens (including phenoxy) is 1. The summed E-state index contributed by atoms with van der Waals surface area (Å²) in [5.41, 5.74) is 1.48. The van der Waals surface area contributed by atoms with E-state index in [1.807, 2.05) is 0 Å². The molecule has 0 aliphatic carbocycles. The molecule has 1 aromatic heterocycles. The van der Waals surface area contributed by atoms with E-state index in [-0.39, 0.29) is 0 Å². The van der Waals surface area contributed by atoms with Crippen LogP contribution in [0.15, 0.2) is 18.5 Å². The summed E-state index contributed by atoms with van der Waals surface area (Å²) < 4.78 is 5.35. The van der Waals surface area contributed by atoms with Gasteiger partial charge in [-0.1, -0.05) is 0 Å². The number of nitrogens with one attached hydrogen (secondary N) is 1. The molecule has 0 bridgehead atoms. The highest BCUT2D eigenvalue weighted by molar-refractivity contribution is 5.55. The maximum atomic E-state index is 9.00. The van der Waals surface area contributed by atoms with Crippen molar-refractivity contribution in [2.24, 2.45) is 5.92 Å². The molecule has 2 rings (SSSR count). The zero-order valence-electron chi connectivity index (χ0n) is 10.0. The zero-order valence-corrected chi connectivity index (χ0v) is 10.0. The fourth-order valence-electron chi connectivity index (χ4n) is 2.19. The van der Waals surface area contributed by atoms with Gasteiger partial charge < -0.3 is 10.1 Å². The van der Waals surface area contributed by atoms with E-state index in [1.54, 1.807) is 18.5 Å². The maximum absolute atomic E-state index is 9.00. The van der Waals surface area contributed by atoms with Crippen LogP contribution in [0.1, 0.15) is 25.3 Å². The topological polar surface area (TPSA) is 57.9 Å². The molecule has 0 aromatic carbocycles. The van der Waals surface area contributed by atoms with Gasteiger partial charge >= 0.3 is 0 Å². The molecule has 0 spiro atoms. The van der Waals surface area contributed by atoms with Crippen molar-refractivity contribution in [2.45, 2.75) is 25.8 Å². The summed E-state index contributed by atoms with van der Waals surface area (Å²) >= 11 is 0. The van der Waals surface area contributed by atoms with Gasteiger partial charge in [0.05, 0.1) is 17.4 Å². The van der Waals surface area contributed by atoms with Gasteiger partial charge in [-0.15, -0.1) is 0 Å². The van der Waals surface area contributed by atoms with Gasteiger partial charge in [0.2, 0.25) is 0 Å². The number of pyridine rings is 1. The van der Waals surface area contributed by atoms with Crippen LogP contribution in [0.5, 0.6) is 0 Å². The second-order valence-electron chi connectivity index (χ2n) is 4.42. The van der Waals surface area contributed by atoms with Gasteiger partial charge in [0.25, 0.3) is 0 Å². The Morgan fingerprint density at radius 1 is 1.53 bits per heavy atom. The number of anilines is 1. The van der Waals surface area contributed by atoms with Gasteiger partial charge in [0.1, 0.15) is 6.07 Å². The molecule has 0 saturated carbocycles. The first-order chi connectivity index (χ1) is 8.31. The van der Waals surface area contributed by atoms with Crippen LogP contribution >= 0.6 is 0 Å². The van der Waals surface area contributed by atoms with Crippen molar-refractivity contribution >= 4 is 5.69 Å². The number of hydrogen-bond donors (Lipinski definition) is 1. The highest BCUT2D eigenvalue weighted by atomic mass is 16.5. The molecular formula is C13H17N3O. The summed E-state index contributed by atoms with van der Waals surface area (Å²) in [5.74, 6) is 0.607. The van der Waals surface area contributed by atoms with Crippen molar-refractivity contribution in [3.8, 4) is 6.07 Å². The van der Waals surface area contributed by atoms with E-state index >= 15 is 0 Å². The number of nitriles is 1. The molecule has 4 heteroatoms. The molecule has 1 aromatic rings. The molecule has 1 aliphatic heterocycles. The summed E-state index contributed by atoms with van der Waals surface area (Å²) in [6, 6.07) is 4.25. The van der Waals surface area contributed by atoms with Crippen molar-refractivity contribution in [2.75, 3.05) is 18.5 Å². The lowest BCUT2D eigenvalue weighted by Gasteiger charge is -2.29. The molecule has 1 N–H and O–H groups in total. The Balaban J connectivity index is 2.02. The highest BCUT2D eigenvalue weighted by Crippen LogP contribution is 2.22. The second-order valence-corrected chi connectivity index (χ2v) is 4.42. The summed E-state index contributed by atoms with van der Waals surface area (Å²) in [4.78, 5) is 4.05. The molecular weight excluding hydrogens is 214 g/mol. The van der Waals surface area contributed by atoms with Crippen molar-refractivity contribution < 1.29 is 4.74 Å². The van der Waals surface area contributed by atoms with Crippen molar-refractivity contribution in [1.82, 2.24) is 4.98 Å². The summed E-state index contributed by atoms with van der Waals surface area (Å²) in [7, 11) is 0. The standard InChI is InChI=1S/C13H17N3O/c1-10(11-3-6-17-7-4-11)16-13-9-15-5-2-12(13)8-14/h2,5,9-11,16H,3-4,6-7H2,1H3. The van der Waals surface area contributed by atoms with E-state index in [1.165, 1.54) is 0 Å². The van der Waals surface area contributed by atoms with E-state index in [9.17, 15) is 0 Å². The Bertz CT molecular complexity index is 407. The number of rotatable bonds is 3. The Kier molecular flexibility index (Phi) is 3.94. The quantitative estimate of drug-likeness (QED) is 0.866. The Morgan fingerprint density at radius 3 is 3.00 bits per heavy atom. The molecule has 1 unspecified atom stereocenters. The maximum Gasteiger partial charge on any atom is 0.101 e. The van der Waals surface area contributed by atoms with Gasteiger partial charge in [0, 0.05) is 25.5 Å². The molecule has 1 atom stereocenters. The first kappa shape index (κ1) is 11.9. The van der Waals surface area contributed by atoms with Gasteiger partial charge in [-0.25, -0.2) is 0 Å². The minimum absolute atomic E-state index is 0.343. The SMILES string of the molecule is CC(Nc1cnccc1C#N)C1CCOCC1. The molecule has 2 heterocycles. The average molecular weight is 231 g/mol. The van der Waals surface area contributed by atoms with Crippen LogP contribution < -0.4 is 5.32 Å². The van der Waals surface area contributed by atoms with E-state index in [0.717, 1.165) is 31.7 Å². The van der Waals surface area contributed by atoms with Crippen LogP contribution in [0.2, 0.25) is 0 Å². The molecule has 1 aliphatic rings. The third-order valence-electron chi connectivity index (χ3n) is 3.30. The molecule has 17 heavy (non-hydrogen) atoms. The first-order valence-electron chi connectivity index (χ1n) is 5.99. The molecule has 0 radical (unpaired) electrons. The minimum atomic E-state index is 0.343. The molecule has 90 valence electrons. The number of aromatic nitrogens is 1. The third kappa shape index (κ3) is 2.95. The smallest absolute Gasteiger partial charge is 0.101 e. The molecule has 0 amide bonds. The van der Waals surface area contributed by atoms with Crippen molar-refractivity contribution in [1.29, 1.82) is 5.26 Å². The Labute approximate surface area is 102 Å².